The fraction of sp³-hybridized carbons (Fsp3) is 0.0800. The van der Waals surface area contributed by atoms with Crippen LogP contribution in [0.3, 0.4) is 0 Å². The second-order valence-corrected chi connectivity index (χ2v) is 9.11. The molecule has 1 aliphatic heterocycles. The zero-order valence-corrected chi connectivity index (χ0v) is 20.3. The zero-order chi connectivity index (χ0) is 24.1. The molecule has 1 aliphatic rings. The van der Waals surface area contributed by atoms with Crippen molar-refractivity contribution in [3.8, 4) is 5.75 Å². The average molecular weight is 512 g/mol. The molecule has 0 aliphatic carbocycles. The van der Waals surface area contributed by atoms with Crippen LogP contribution in [0.2, 0.25) is 10.0 Å². The molecule has 3 aromatic carbocycles. The quantitative estimate of drug-likeness (QED) is 0.385. The molecule has 0 aromatic heterocycles. The molecule has 34 heavy (non-hydrogen) atoms. The summed E-state index contributed by atoms with van der Waals surface area (Å²) < 4.78 is 5.73. The molecule has 0 spiro atoms. The monoisotopic (exact) mass is 511 g/mol. The Hall–Kier alpha value is -3.26. The Bertz CT molecular complexity index is 1310. The number of carbonyl (C=O) groups excluding carboxylic acids is 2. The minimum atomic E-state index is -0.297. The largest absolute Gasteiger partial charge is 0.483 e. The number of para-hydroxylation sites is 1. The van der Waals surface area contributed by atoms with E-state index in [1.54, 1.807) is 42.5 Å². The molecule has 3 aromatic rings. The third-order valence-electron chi connectivity index (χ3n) is 4.70. The second kappa shape index (κ2) is 10.8. The first-order valence-electron chi connectivity index (χ1n) is 10.2. The van der Waals surface area contributed by atoms with Gasteiger partial charge >= 0.3 is 0 Å². The molecule has 1 saturated heterocycles. The van der Waals surface area contributed by atoms with Gasteiger partial charge in [0.2, 0.25) is 0 Å². The third kappa shape index (κ3) is 5.99. The smallest absolute Gasteiger partial charge is 0.264 e. The van der Waals surface area contributed by atoms with Gasteiger partial charge in [0.15, 0.2) is 11.8 Å². The molecule has 9 heteroatoms. The van der Waals surface area contributed by atoms with Gasteiger partial charge in [-0.2, -0.15) is 0 Å². The van der Waals surface area contributed by atoms with Crippen molar-refractivity contribution in [3.05, 3.63) is 92.8 Å². The van der Waals surface area contributed by atoms with Crippen molar-refractivity contribution in [2.45, 2.75) is 6.92 Å². The number of nitrogens with zero attached hydrogens (tertiary/aromatic N) is 1. The average Bonchev–Trinajstić information content (AvgIpc) is 3.16. The molecule has 2 N–H and O–H groups in total. The van der Waals surface area contributed by atoms with E-state index in [0.717, 1.165) is 5.56 Å². The summed E-state index contributed by atoms with van der Waals surface area (Å²) in [6.07, 6.45) is 1.69. The highest BCUT2D eigenvalue weighted by atomic mass is 35.5. The first-order chi connectivity index (χ1) is 16.4. The molecule has 0 radical (unpaired) electrons. The standard InChI is InChI=1S/C25H19Cl2N3O3S/c1-15-9-11-17(12-10-15)28-22(31)14-33-20-8-3-2-5-16(20)13-21-24(32)30-25(34-21)29-19-7-4-6-18(26)23(19)27/h2-13H,14H2,1H3,(H,28,31)(H,29,30,32)/b21-13+. The number of aryl methyl sites for hydroxylation is 1. The van der Waals surface area contributed by atoms with Gasteiger partial charge in [-0.3, -0.25) is 9.59 Å². The first-order valence-corrected chi connectivity index (χ1v) is 11.8. The molecule has 1 fully saturated rings. The number of hydrogen-bond acceptors (Lipinski definition) is 5. The van der Waals surface area contributed by atoms with E-state index in [2.05, 4.69) is 15.6 Å². The van der Waals surface area contributed by atoms with Crippen LogP contribution in [0.25, 0.3) is 6.08 Å². The number of ether oxygens (including phenoxy) is 1. The van der Waals surface area contributed by atoms with Crippen LogP contribution in [-0.4, -0.2) is 23.6 Å². The first kappa shape index (κ1) is 23.9. The lowest BCUT2D eigenvalue weighted by Gasteiger charge is -2.10. The fourth-order valence-corrected chi connectivity index (χ4v) is 4.18. The van der Waals surface area contributed by atoms with Crippen LogP contribution in [0.4, 0.5) is 11.4 Å². The minimum Gasteiger partial charge on any atom is -0.483 e. The second-order valence-electron chi connectivity index (χ2n) is 7.30. The van der Waals surface area contributed by atoms with Crippen molar-refractivity contribution in [3.63, 3.8) is 0 Å². The van der Waals surface area contributed by atoms with Crippen molar-refractivity contribution in [1.29, 1.82) is 0 Å². The highest BCUT2D eigenvalue weighted by Gasteiger charge is 2.24. The Morgan fingerprint density at radius 2 is 1.85 bits per heavy atom. The third-order valence-corrected chi connectivity index (χ3v) is 6.42. The van der Waals surface area contributed by atoms with Crippen molar-refractivity contribution in [2.24, 2.45) is 4.99 Å². The van der Waals surface area contributed by atoms with Gasteiger partial charge in [0.1, 0.15) is 5.75 Å². The Balaban J connectivity index is 1.45. The number of nitrogens with one attached hydrogen (secondary N) is 2. The number of benzene rings is 3. The summed E-state index contributed by atoms with van der Waals surface area (Å²) in [5.41, 5.74) is 2.92. The predicted octanol–water partition coefficient (Wildman–Crippen LogP) is 6.21. The van der Waals surface area contributed by atoms with Crippen LogP contribution >= 0.6 is 35.0 Å². The van der Waals surface area contributed by atoms with E-state index in [0.29, 0.717) is 42.8 Å². The van der Waals surface area contributed by atoms with Gasteiger partial charge in [-0.25, -0.2) is 4.99 Å². The molecule has 6 nitrogen and oxygen atoms in total. The van der Waals surface area contributed by atoms with E-state index < -0.39 is 0 Å². The van der Waals surface area contributed by atoms with Crippen molar-refractivity contribution < 1.29 is 14.3 Å². The van der Waals surface area contributed by atoms with Crippen molar-refractivity contribution in [1.82, 2.24) is 5.32 Å². The van der Waals surface area contributed by atoms with Crippen molar-refractivity contribution >= 4 is 69.4 Å². The van der Waals surface area contributed by atoms with E-state index in [9.17, 15) is 9.59 Å². The SMILES string of the molecule is Cc1ccc(NC(=O)COc2ccccc2/C=C2/SC(=Nc3cccc(Cl)c3Cl)NC2=O)cc1. The molecule has 4 rings (SSSR count). The molecular weight excluding hydrogens is 493 g/mol. The number of anilines is 1. The van der Waals surface area contributed by atoms with Crippen LogP contribution in [-0.2, 0) is 9.59 Å². The number of thioether (sulfide) groups is 1. The summed E-state index contributed by atoms with van der Waals surface area (Å²) in [5.74, 6) is -0.105. The highest BCUT2D eigenvalue weighted by molar-refractivity contribution is 8.18. The van der Waals surface area contributed by atoms with Gasteiger partial charge in [0, 0.05) is 11.3 Å². The summed E-state index contributed by atoms with van der Waals surface area (Å²) >= 11 is 13.4. The number of carbonyl (C=O) groups is 2. The van der Waals surface area contributed by atoms with E-state index in [-0.39, 0.29) is 18.4 Å². The molecular formula is C25H19Cl2N3O3S. The lowest BCUT2D eigenvalue weighted by Crippen LogP contribution is -2.20. The zero-order valence-electron chi connectivity index (χ0n) is 18.0. The van der Waals surface area contributed by atoms with E-state index in [4.69, 9.17) is 27.9 Å². The van der Waals surface area contributed by atoms with Crippen LogP contribution in [0.15, 0.2) is 76.6 Å². The van der Waals surface area contributed by atoms with E-state index in [1.165, 1.54) is 11.8 Å². The Morgan fingerprint density at radius 1 is 1.09 bits per heavy atom. The van der Waals surface area contributed by atoms with Crippen LogP contribution in [0.5, 0.6) is 5.75 Å². The maximum atomic E-state index is 12.5. The summed E-state index contributed by atoms with van der Waals surface area (Å²) in [4.78, 5) is 29.6. The number of amidine groups is 1. The van der Waals surface area contributed by atoms with Gasteiger partial charge in [-0.05, 0) is 55.1 Å². The van der Waals surface area contributed by atoms with Crippen LogP contribution < -0.4 is 15.4 Å². The number of amides is 2. The highest BCUT2D eigenvalue weighted by Crippen LogP contribution is 2.35. The number of aliphatic imine (C=N–C) groups is 1. The molecule has 0 saturated carbocycles. The van der Waals surface area contributed by atoms with Crippen molar-refractivity contribution in [2.75, 3.05) is 11.9 Å². The van der Waals surface area contributed by atoms with Gasteiger partial charge in [0.25, 0.3) is 11.8 Å². The minimum absolute atomic E-state index is 0.173. The van der Waals surface area contributed by atoms with Crippen LogP contribution in [0, 0.1) is 6.92 Å². The van der Waals surface area contributed by atoms with E-state index >= 15 is 0 Å². The summed E-state index contributed by atoms with van der Waals surface area (Å²) in [5, 5.41) is 6.59. The van der Waals surface area contributed by atoms with Gasteiger partial charge < -0.3 is 15.4 Å². The number of halogens is 2. The number of rotatable bonds is 6. The molecule has 0 unspecified atom stereocenters. The molecule has 2 amide bonds. The molecule has 0 bridgehead atoms. The summed E-state index contributed by atoms with van der Waals surface area (Å²) in [6.45, 7) is 1.80. The van der Waals surface area contributed by atoms with Crippen LogP contribution in [0.1, 0.15) is 11.1 Å². The maximum absolute atomic E-state index is 12.5. The summed E-state index contributed by atoms with van der Waals surface area (Å²) in [7, 11) is 0. The lowest BCUT2D eigenvalue weighted by molar-refractivity contribution is -0.118. The molecule has 172 valence electrons. The Kier molecular flexibility index (Phi) is 7.57. The van der Waals surface area contributed by atoms with Gasteiger partial charge in [-0.15, -0.1) is 0 Å². The molecule has 1 heterocycles. The van der Waals surface area contributed by atoms with E-state index in [1.807, 2.05) is 37.3 Å². The Labute approximate surface area is 211 Å². The molecule has 0 atom stereocenters. The topological polar surface area (TPSA) is 79.8 Å². The normalized spacial score (nSPS) is 15.4. The van der Waals surface area contributed by atoms with Gasteiger partial charge in [0.05, 0.1) is 20.6 Å². The van der Waals surface area contributed by atoms with Gasteiger partial charge in [-0.1, -0.05) is 65.2 Å². The lowest BCUT2D eigenvalue weighted by atomic mass is 10.2. The predicted molar refractivity (Wildman–Crippen MR) is 139 cm³/mol. The number of hydrogen-bond donors (Lipinski definition) is 2. The fourth-order valence-electron chi connectivity index (χ4n) is 3.02. The Morgan fingerprint density at radius 3 is 2.65 bits per heavy atom. The summed E-state index contributed by atoms with van der Waals surface area (Å²) in [6, 6.07) is 19.8. The maximum Gasteiger partial charge on any atom is 0.264 e.